The summed E-state index contributed by atoms with van der Waals surface area (Å²) in [5.74, 6) is -0.0245. The molecule has 1 amide bonds. The minimum atomic E-state index is -0.167. The normalized spacial score (nSPS) is 27.1. The molecule has 1 aromatic rings. The number of amides is 1. The number of carbonyl (C=O) groups excluding carboxylic acids is 1. The Kier molecular flexibility index (Phi) is 7.74. The van der Waals surface area contributed by atoms with Gasteiger partial charge in [-0.25, -0.2) is 0 Å². The number of carbonyl (C=O) groups is 1. The van der Waals surface area contributed by atoms with Crippen LogP contribution in [-0.2, 0) is 9.63 Å². The molecule has 0 aliphatic heterocycles. The van der Waals surface area contributed by atoms with E-state index in [-0.39, 0.29) is 34.8 Å². The van der Waals surface area contributed by atoms with Gasteiger partial charge in [-0.05, 0) is 46.6 Å². The summed E-state index contributed by atoms with van der Waals surface area (Å²) in [6.07, 6.45) is 0.967. The first-order valence-corrected chi connectivity index (χ1v) is 9.76. The van der Waals surface area contributed by atoms with Gasteiger partial charge in [0.15, 0.2) is 0 Å². The molecule has 0 N–H and O–H groups in total. The van der Waals surface area contributed by atoms with E-state index in [2.05, 4.69) is 23.8 Å². The summed E-state index contributed by atoms with van der Waals surface area (Å²) in [7, 11) is 6.14. The molecule has 5 nitrogen and oxygen atoms in total. The Morgan fingerprint density at radius 3 is 2.38 bits per heavy atom. The molecule has 0 aromatic heterocycles. The monoisotopic (exact) mass is 401 g/mol. The number of para-hydroxylation sites is 1. The molecule has 1 fully saturated rings. The molecule has 0 radical (unpaired) electrons. The van der Waals surface area contributed by atoms with Crippen LogP contribution in [0.2, 0.25) is 0 Å². The largest absolute Gasteiger partial charge is 0.294 e. The van der Waals surface area contributed by atoms with Crippen LogP contribution in [0.3, 0.4) is 0 Å². The molecular weight excluding hydrogens is 373 g/mol. The van der Waals surface area contributed by atoms with E-state index >= 15 is 0 Å². The quantitative estimate of drug-likeness (QED) is 0.398. The lowest BCUT2D eigenvalue weighted by molar-refractivity contribution is -0.124. The Bertz CT molecular complexity index is 587. The van der Waals surface area contributed by atoms with Crippen LogP contribution >= 0.6 is 23.2 Å². The van der Waals surface area contributed by atoms with Crippen LogP contribution in [-0.4, -0.2) is 66.4 Å². The molecule has 1 aliphatic rings. The van der Waals surface area contributed by atoms with Gasteiger partial charge in [0.1, 0.15) is 0 Å². The fraction of sp³-hybridized carbons (Fsp3) is 0.632. The molecule has 1 aliphatic carbocycles. The van der Waals surface area contributed by atoms with Gasteiger partial charge in [-0.3, -0.25) is 19.4 Å². The molecule has 0 saturated heterocycles. The SMILES string of the molecule is CC(=O)N(OCC1CC(Cl)C(Cl)C1N(C)C(C)N(C)C)c1ccccc1. The second kappa shape index (κ2) is 9.38. The van der Waals surface area contributed by atoms with Crippen LogP contribution < -0.4 is 5.06 Å². The highest BCUT2D eigenvalue weighted by Crippen LogP contribution is 2.38. The Balaban J connectivity index is 2.11. The fourth-order valence-electron chi connectivity index (χ4n) is 3.45. The molecule has 2 rings (SSSR count). The number of benzene rings is 1. The molecule has 1 aromatic carbocycles. The molecule has 146 valence electrons. The van der Waals surface area contributed by atoms with Crippen molar-refractivity contribution in [3.05, 3.63) is 30.3 Å². The van der Waals surface area contributed by atoms with Crippen molar-refractivity contribution in [2.75, 3.05) is 32.8 Å². The molecule has 0 heterocycles. The molecule has 1 saturated carbocycles. The van der Waals surface area contributed by atoms with Gasteiger partial charge in [-0.1, -0.05) is 18.2 Å². The molecule has 26 heavy (non-hydrogen) atoms. The van der Waals surface area contributed by atoms with E-state index in [1.165, 1.54) is 12.0 Å². The standard InChI is InChI=1S/C19H29Cl2N3O2/c1-13(22(3)4)23(5)19-15(11-17(20)18(19)21)12-26-24(14(2)25)16-9-7-6-8-10-16/h6-10,13,15,17-19H,11-12H2,1-5H3. The molecule has 7 heteroatoms. The van der Waals surface area contributed by atoms with E-state index < -0.39 is 0 Å². The first-order chi connectivity index (χ1) is 12.2. The predicted octanol–water partition coefficient (Wildman–Crippen LogP) is 3.41. The number of hydrogen-bond donors (Lipinski definition) is 0. The Morgan fingerprint density at radius 1 is 1.23 bits per heavy atom. The van der Waals surface area contributed by atoms with Crippen molar-refractivity contribution in [2.45, 2.75) is 43.2 Å². The molecule has 0 spiro atoms. The highest BCUT2D eigenvalue weighted by atomic mass is 35.5. The summed E-state index contributed by atoms with van der Waals surface area (Å²) in [6, 6.07) is 9.43. The van der Waals surface area contributed by atoms with Crippen LogP contribution in [0.1, 0.15) is 20.3 Å². The van der Waals surface area contributed by atoms with E-state index in [9.17, 15) is 4.79 Å². The smallest absolute Gasteiger partial charge is 0.247 e. The van der Waals surface area contributed by atoms with Crippen LogP contribution in [0.15, 0.2) is 30.3 Å². The van der Waals surface area contributed by atoms with Gasteiger partial charge in [-0.2, -0.15) is 5.06 Å². The van der Waals surface area contributed by atoms with Crippen molar-refractivity contribution < 1.29 is 9.63 Å². The zero-order chi connectivity index (χ0) is 19.4. The second-order valence-electron chi connectivity index (χ2n) is 7.15. The lowest BCUT2D eigenvalue weighted by Gasteiger charge is -2.39. The number of halogens is 2. The Morgan fingerprint density at radius 2 is 1.85 bits per heavy atom. The maximum atomic E-state index is 12.0. The van der Waals surface area contributed by atoms with Crippen LogP contribution in [0.25, 0.3) is 0 Å². The van der Waals surface area contributed by atoms with Gasteiger partial charge in [0.25, 0.3) is 0 Å². The Labute approximate surface area is 166 Å². The third-order valence-electron chi connectivity index (χ3n) is 5.18. The van der Waals surface area contributed by atoms with Crippen LogP contribution in [0, 0.1) is 5.92 Å². The third-order valence-corrected chi connectivity index (χ3v) is 6.33. The third kappa shape index (κ3) is 4.90. The summed E-state index contributed by atoms with van der Waals surface area (Å²) in [6.45, 7) is 4.01. The summed E-state index contributed by atoms with van der Waals surface area (Å²) >= 11 is 13.1. The van der Waals surface area contributed by atoms with E-state index in [0.717, 1.165) is 12.1 Å². The number of anilines is 1. The second-order valence-corrected chi connectivity index (χ2v) is 8.22. The van der Waals surface area contributed by atoms with Gasteiger partial charge < -0.3 is 0 Å². The van der Waals surface area contributed by atoms with E-state index in [1.54, 1.807) is 0 Å². The van der Waals surface area contributed by atoms with Gasteiger partial charge in [0.05, 0.1) is 29.2 Å². The fourth-order valence-corrected chi connectivity index (χ4v) is 4.31. The minimum Gasteiger partial charge on any atom is -0.294 e. The van der Waals surface area contributed by atoms with Crippen molar-refractivity contribution in [2.24, 2.45) is 5.92 Å². The molecule has 5 atom stereocenters. The lowest BCUT2D eigenvalue weighted by atomic mass is 10.0. The van der Waals surface area contributed by atoms with Gasteiger partial charge >= 0.3 is 0 Å². The number of hydrogen-bond acceptors (Lipinski definition) is 4. The van der Waals surface area contributed by atoms with Gasteiger partial charge in [0, 0.05) is 18.9 Å². The summed E-state index contributed by atoms with van der Waals surface area (Å²) < 4.78 is 0. The van der Waals surface area contributed by atoms with E-state index in [1.807, 2.05) is 44.4 Å². The topological polar surface area (TPSA) is 36.0 Å². The lowest BCUT2D eigenvalue weighted by Crippen LogP contribution is -2.51. The number of hydroxylamine groups is 1. The van der Waals surface area contributed by atoms with Crippen LogP contribution in [0.4, 0.5) is 5.69 Å². The summed E-state index contributed by atoms with van der Waals surface area (Å²) in [5.41, 5.74) is 0.717. The summed E-state index contributed by atoms with van der Waals surface area (Å²) in [5, 5.41) is 1.06. The predicted molar refractivity (Wildman–Crippen MR) is 108 cm³/mol. The maximum Gasteiger partial charge on any atom is 0.247 e. The minimum absolute atomic E-state index is 0.0705. The average molecular weight is 402 g/mol. The van der Waals surface area contributed by atoms with Crippen molar-refractivity contribution in [3.8, 4) is 0 Å². The van der Waals surface area contributed by atoms with Crippen molar-refractivity contribution in [1.29, 1.82) is 0 Å². The average Bonchev–Trinajstić information content (AvgIpc) is 2.88. The number of rotatable bonds is 7. The highest BCUT2D eigenvalue weighted by molar-refractivity contribution is 6.30. The van der Waals surface area contributed by atoms with Crippen molar-refractivity contribution >= 4 is 34.8 Å². The Hall–Kier alpha value is -0.850. The molecular formula is C19H29Cl2N3O2. The first-order valence-electron chi connectivity index (χ1n) is 8.89. The maximum absolute atomic E-state index is 12.0. The first kappa shape index (κ1) is 21.5. The van der Waals surface area contributed by atoms with Crippen molar-refractivity contribution in [3.63, 3.8) is 0 Å². The van der Waals surface area contributed by atoms with Crippen molar-refractivity contribution in [1.82, 2.24) is 9.80 Å². The molecule has 0 bridgehead atoms. The highest BCUT2D eigenvalue weighted by Gasteiger charge is 2.45. The zero-order valence-corrected chi connectivity index (χ0v) is 17.6. The van der Waals surface area contributed by atoms with Gasteiger partial charge in [0.2, 0.25) is 5.91 Å². The zero-order valence-electron chi connectivity index (χ0n) is 16.1. The number of alkyl halides is 2. The van der Waals surface area contributed by atoms with E-state index in [4.69, 9.17) is 28.0 Å². The van der Waals surface area contributed by atoms with Gasteiger partial charge in [-0.15, -0.1) is 23.2 Å². The van der Waals surface area contributed by atoms with Crippen LogP contribution in [0.5, 0.6) is 0 Å². The number of nitrogens with zero attached hydrogens (tertiary/aromatic N) is 3. The molecule has 5 unspecified atom stereocenters. The summed E-state index contributed by atoms with van der Waals surface area (Å²) in [4.78, 5) is 22.3. The van der Waals surface area contributed by atoms with E-state index in [0.29, 0.717) is 6.61 Å².